The third-order valence-corrected chi connectivity index (χ3v) is 1.89. The maximum Gasteiger partial charge on any atom is 0.124 e. The number of ether oxygens (including phenoxy) is 1. The average Bonchev–Trinajstić information content (AvgIpc) is 2.46. The maximum atomic E-state index is 9.44. The summed E-state index contributed by atoms with van der Waals surface area (Å²) in [7, 11) is 0. The van der Waals surface area contributed by atoms with Crippen LogP contribution in [0.15, 0.2) is 11.8 Å². The minimum Gasteiger partial charge on any atom is -0.495 e. The van der Waals surface area contributed by atoms with Crippen molar-refractivity contribution in [2.45, 2.75) is 24.9 Å². The van der Waals surface area contributed by atoms with Crippen molar-refractivity contribution in [1.82, 2.24) is 0 Å². The van der Waals surface area contributed by atoms with E-state index in [-0.39, 0.29) is 0 Å². The highest BCUT2D eigenvalue weighted by Crippen LogP contribution is 2.43. The summed E-state index contributed by atoms with van der Waals surface area (Å²) in [4.78, 5) is 0. The van der Waals surface area contributed by atoms with Gasteiger partial charge in [-0.25, -0.2) is 0 Å². The van der Waals surface area contributed by atoms with E-state index in [1.54, 1.807) is 0 Å². The summed E-state index contributed by atoms with van der Waals surface area (Å²) in [6.45, 7) is 0.762. The van der Waals surface area contributed by atoms with Gasteiger partial charge in [0, 0.05) is 6.42 Å². The number of hydrogen-bond donors (Lipinski definition) is 1. The van der Waals surface area contributed by atoms with Gasteiger partial charge in [-0.05, 0) is 18.9 Å². The standard InChI is InChI=1S/C7H10O2/c8-7(3-4-7)6-2-1-5-9-6/h2,8H,1,3-5H2. The Morgan fingerprint density at radius 3 is 2.78 bits per heavy atom. The lowest BCUT2D eigenvalue weighted by Gasteiger charge is -2.07. The first kappa shape index (κ1) is 5.30. The molecule has 2 nitrogen and oxygen atoms in total. The molecule has 0 spiro atoms. The highest BCUT2D eigenvalue weighted by Gasteiger charge is 2.46. The third-order valence-electron chi connectivity index (χ3n) is 1.89. The first-order valence-corrected chi connectivity index (χ1v) is 3.37. The Morgan fingerprint density at radius 1 is 1.56 bits per heavy atom. The van der Waals surface area contributed by atoms with Gasteiger partial charge in [0.2, 0.25) is 0 Å². The number of rotatable bonds is 1. The molecular weight excluding hydrogens is 116 g/mol. The van der Waals surface area contributed by atoms with Crippen molar-refractivity contribution in [1.29, 1.82) is 0 Å². The molecular formula is C7H10O2. The fourth-order valence-corrected chi connectivity index (χ4v) is 1.11. The second-order valence-corrected chi connectivity index (χ2v) is 2.74. The molecule has 0 aromatic heterocycles. The molecule has 50 valence electrons. The first-order chi connectivity index (χ1) is 4.31. The normalized spacial score (nSPS) is 29.2. The van der Waals surface area contributed by atoms with Crippen molar-refractivity contribution >= 4 is 0 Å². The van der Waals surface area contributed by atoms with E-state index in [9.17, 15) is 5.11 Å². The molecule has 1 heterocycles. The highest BCUT2D eigenvalue weighted by atomic mass is 16.5. The Hall–Kier alpha value is -0.500. The highest BCUT2D eigenvalue weighted by molar-refractivity contribution is 5.20. The summed E-state index contributed by atoms with van der Waals surface area (Å²) < 4.78 is 5.19. The molecule has 1 saturated carbocycles. The van der Waals surface area contributed by atoms with Crippen LogP contribution in [0.3, 0.4) is 0 Å². The fourth-order valence-electron chi connectivity index (χ4n) is 1.11. The smallest absolute Gasteiger partial charge is 0.124 e. The first-order valence-electron chi connectivity index (χ1n) is 3.37. The van der Waals surface area contributed by atoms with Crippen molar-refractivity contribution in [2.24, 2.45) is 0 Å². The Bertz CT molecular complexity index is 156. The van der Waals surface area contributed by atoms with Gasteiger partial charge in [-0.2, -0.15) is 0 Å². The van der Waals surface area contributed by atoms with E-state index in [4.69, 9.17) is 4.74 Å². The van der Waals surface area contributed by atoms with Crippen molar-refractivity contribution in [2.75, 3.05) is 6.61 Å². The zero-order chi connectivity index (χ0) is 6.32. The van der Waals surface area contributed by atoms with Crippen molar-refractivity contribution < 1.29 is 9.84 Å². The van der Waals surface area contributed by atoms with Gasteiger partial charge in [0.05, 0.1) is 6.61 Å². The summed E-state index contributed by atoms with van der Waals surface area (Å²) in [5.41, 5.74) is -0.531. The SMILES string of the molecule is OC1(C2=CCCO2)CC1. The summed E-state index contributed by atoms with van der Waals surface area (Å²) in [6.07, 6.45) is 4.74. The molecule has 1 aliphatic heterocycles. The Labute approximate surface area is 54.1 Å². The van der Waals surface area contributed by atoms with Gasteiger partial charge in [-0.15, -0.1) is 0 Å². The van der Waals surface area contributed by atoms with Gasteiger partial charge in [0.15, 0.2) is 0 Å². The molecule has 1 aliphatic carbocycles. The van der Waals surface area contributed by atoms with Crippen LogP contribution >= 0.6 is 0 Å². The van der Waals surface area contributed by atoms with Crippen LogP contribution in [0.5, 0.6) is 0 Å². The minimum absolute atomic E-state index is 0.531. The van der Waals surface area contributed by atoms with Gasteiger partial charge < -0.3 is 9.84 Å². The number of aliphatic hydroxyl groups is 1. The van der Waals surface area contributed by atoms with E-state index < -0.39 is 5.60 Å². The third kappa shape index (κ3) is 0.741. The van der Waals surface area contributed by atoms with Gasteiger partial charge >= 0.3 is 0 Å². The van der Waals surface area contributed by atoms with E-state index in [1.807, 2.05) is 6.08 Å². The van der Waals surface area contributed by atoms with Crippen LogP contribution in [0.2, 0.25) is 0 Å². The van der Waals surface area contributed by atoms with Crippen molar-refractivity contribution in [3.63, 3.8) is 0 Å². The van der Waals surface area contributed by atoms with Crippen LogP contribution in [-0.2, 0) is 4.74 Å². The Balaban J connectivity index is 2.12. The lowest BCUT2D eigenvalue weighted by molar-refractivity contribution is 0.100. The van der Waals surface area contributed by atoms with Gasteiger partial charge in [-0.1, -0.05) is 0 Å². The fraction of sp³-hybridized carbons (Fsp3) is 0.714. The molecule has 1 N–H and O–H groups in total. The largest absolute Gasteiger partial charge is 0.495 e. The Kier molecular flexibility index (Phi) is 0.887. The second kappa shape index (κ2) is 1.51. The molecule has 0 saturated heterocycles. The minimum atomic E-state index is -0.531. The van der Waals surface area contributed by atoms with Crippen molar-refractivity contribution in [3.05, 3.63) is 11.8 Å². The molecule has 2 aliphatic rings. The molecule has 0 aromatic carbocycles. The predicted molar refractivity (Wildman–Crippen MR) is 32.8 cm³/mol. The Morgan fingerprint density at radius 2 is 2.33 bits per heavy atom. The van der Waals surface area contributed by atoms with E-state index in [0.717, 1.165) is 31.6 Å². The molecule has 0 radical (unpaired) electrons. The molecule has 0 amide bonds. The molecule has 0 aromatic rings. The summed E-state index contributed by atoms with van der Waals surface area (Å²) in [5, 5.41) is 9.44. The zero-order valence-corrected chi connectivity index (χ0v) is 5.26. The monoisotopic (exact) mass is 126 g/mol. The number of hydrogen-bond acceptors (Lipinski definition) is 2. The van der Waals surface area contributed by atoms with Gasteiger partial charge in [0.25, 0.3) is 0 Å². The zero-order valence-electron chi connectivity index (χ0n) is 5.26. The van der Waals surface area contributed by atoms with Crippen LogP contribution in [-0.4, -0.2) is 17.3 Å². The summed E-state index contributed by atoms with van der Waals surface area (Å²) in [5.74, 6) is 0.822. The molecule has 2 rings (SSSR count). The molecule has 0 bridgehead atoms. The molecule has 1 fully saturated rings. The maximum absolute atomic E-state index is 9.44. The van der Waals surface area contributed by atoms with Crippen LogP contribution in [0, 0.1) is 0 Å². The van der Waals surface area contributed by atoms with Crippen molar-refractivity contribution in [3.8, 4) is 0 Å². The van der Waals surface area contributed by atoms with Crippen LogP contribution in [0.1, 0.15) is 19.3 Å². The molecule has 0 atom stereocenters. The van der Waals surface area contributed by atoms with Crippen LogP contribution in [0.25, 0.3) is 0 Å². The average molecular weight is 126 g/mol. The van der Waals surface area contributed by atoms with Crippen LogP contribution in [0.4, 0.5) is 0 Å². The van der Waals surface area contributed by atoms with E-state index in [1.165, 1.54) is 0 Å². The lowest BCUT2D eigenvalue weighted by Crippen LogP contribution is -2.10. The quantitative estimate of drug-likeness (QED) is 0.563. The topological polar surface area (TPSA) is 29.5 Å². The molecule has 2 heteroatoms. The summed E-state index contributed by atoms with van der Waals surface area (Å²) >= 11 is 0. The van der Waals surface area contributed by atoms with E-state index >= 15 is 0 Å². The van der Waals surface area contributed by atoms with Crippen LogP contribution < -0.4 is 0 Å². The predicted octanol–water partition coefficient (Wildman–Crippen LogP) is 0.815. The van der Waals surface area contributed by atoms with Gasteiger partial charge in [0.1, 0.15) is 11.4 Å². The second-order valence-electron chi connectivity index (χ2n) is 2.74. The molecule has 9 heavy (non-hydrogen) atoms. The van der Waals surface area contributed by atoms with E-state index in [2.05, 4.69) is 0 Å². The molecule has 0 unspecified atom stereocenters. The van der Waals surface area contributed by atoms with Gasteiger partial charge in [-0.3, -0.25) is 0 Å². The summed E-state index contributed by atoms with van der Waals surface area (Å²) in [6, 6.07) is 0. The lowest BCUT2D eigenvalue weighted by atomic mass is 10.2. The van der Waals surface area contributed by atoms with E-state index in [0.29, 0.717) is 0 Å².